The number of benzene rings is 1. The highest BCUT2D eigenvalue weighted by Gasteiger charge is 2.09. The molecule has 0 aliphatic carbocycles. The summed E-state index contributed by atoms with van der Waals surface area (Å²) >= 11 is 0. The third kappa shape index (κ3) is 2.20. The average molecular weight is 232 g/mol. The Labute approximate surface area is 97.2 Å². The van der Waals surface area contributed by atoms with E-state index in [2.05, 4.69) is 9.97 Å². The SMILES string of the molecule is Cc1ccc(Oc2nc[nH]c(=O)c2N)c(N)c1. The number of anilines is 2. The van der Waals surface area contributed by atoms with Crippen LogP contribution in [0.3, 0.4) is 0 Å². The molecule has 1 aromatic carbocycles. The normalized spacial score (nSPS) is 10.2. The number of nitrogen functional groups attached to an aromatic ring is 2. The number of nitrogens with zero attached hydrogens (tertiary/aromatic N) is 1. The van der Waals surface area contributed by atoms with E-state index in [9.17, 15) is 4.79 Å². The third-order valence-electron chi connectivity index (χ3n) is 2.22. The Hall–Kier alpha value is -2.50. The lowest BCUT2D eigenvalue weighted by molar-refractivity contribution is 0.465. The maximum absolute atomic E-state index is 11.2. The maximum atomic E-state index is 11.2. The van der Waals surface area contributed by atoms with Crippen LogP contribution in [0.5, 0.6) is 11.6 Å². The molecule has 17 heavy (non-hydrogen) atoms. The van der Waals surface area contributed by atoms with Crippen molar-refractivity contribution < 1.29 is 4.74 Å². The van der Waals surface area contributed by atoms with Gasteiger partial charge in [-0.05, 0) is 24.6 Å². The standard InChI is InChI=1S/C11H12N4O2/c1-6-2-3-8(7(12)4-6)17-11-9(13)10(16)14-5-15-11/h2-5H,12-13H2,1H3,(H,14,15,16). The van der Waals surface area contributed by atoms with Gasteiger partial charge in [0.15, 0.2) is 11.4 Å². The van der Waals surface area contributed by atoms with Crippen LogP contribution in [-0.4, -0.2) is 9.97 Å². The monoisotopic (exact) mass is 232 g/mol. The minimum Gasteiger partial charge on any atom is -0.435 e. The number of nitrogens with two attached hydrogens (primary N) is 2. The number of aromatic amines is 1. The lowest BCUT2D eigenvalue weighted by Gasteiger charge is -2.08. The second kappa shape index (κ2) is 4.17. The van der Waals surface area contributed by atoms with E-state index in [1.807, 2.05) is 13.0 Å². The van der Waals surface area contributed by atoms with Crippen molar-refractivity contribution in [1.29, 1.82) is 0 Å². The van der Waals surface area contributed by atoms with Crippen molar-refractivity contribution in [2.45, 2.75) is 6.92 Å². The Morgan fingerprint density at radius 3 is 2.82 bits per heavy atom. The number of nitrogens with one attached hydrogen (secondary N) is 1. The largest absolute Gasteiger partial charge is 0.435 e. The van der Waals surface area contributed by atoms with E-state index in [4.69, 9.17) is 16.2 Å². The molecule has 0 radical (unpaired) electrons. The summed E-state index contributed by atoms with van der Waals surface area (Å²) in [6.07, 6.45) is 1.22. The fourth-order valence-corrected chi connectivity index (χ4v) is 1.34. The van der Waals surface area contributed by atoms with Gasteiger partial charge < -0.3 is 21.2 Å². The molecule has 1 heterocycles. The summed E-state index contributed by atoms with van der Waals surface area (Å²) in [7, 11) is 0. The van der Waals surface area contributed by atoms with Gasteiger partial charge in [0.2, 0.25) is 5.88 Å². The van der Waals surface area contributed by atoms with Crippen LogP contribution >= 0.6 is 0 Å². The Morgan fingerprint density at radius 1 is 1.35 bits per heavy atom. The molecule has 0 spiro atoms. The molecule has 1 aromatic heterocycles. The summed E-state index contributed by atoms with van der Waals surface area (Å²) in [6, 6.07) is 5.31. The summed E-state index contributed by atoms with van der Waals surface area (Å²) in [5.41, 5.74) is 12.3. The van der Waals surface area contributed by atoms with Crippen molar-refractivity contribution >= 4 is 11.4 Å². The number of ether oxygens (including phenoxy) is 1. The Bertz CT molecular complexity index is 607. The maximum Gasteiger partial charge on any atom is 0.277 e. The van der Waals surface area contributed by atoms with Crippen LogP contribution in [0.1, 0.15) is 5.56 Å². The van der Waals surface area contributed by atoms with Gasteiger partial charge in [-0.3, -0.25) is 4.79 Å². The second-order valence-electron chi connectivity index (χ2n) is 3.59. The van der Waals surface area contributed by atoms with Crippen LogP contribution in [0.4, 0.5) is 11.4 Å². The predicted molar refractivity (Wildman–Crippen MR) is 64.9 cm³/mol. The zero-order valence-corrected chi connectivity index (χ0v) is 9.23. The molecule has 0 amide bonds. The van der Waals surface area contributed by atoms with Crippen molar-refractivity contribution in [3.63, 3.8) is 0 Å². The van der Waals surface area contributed by atoms with Crippen LogP contribution in [0, 0.1) is 6.92 Å². The minimum atomic E-state index is -0.444. The number of rotatable bonds is 2. The Balaban J connectivity index is 2.38. The molecule has 0 bridgehead atoms. The van der Waals surface area contributed by atoms with Gasteiger partial charge in [0.05, 0.1) is 12.0 Å². The lowest BCUT2D eigenvalue weighted by atomic mass is 10.2. The summed E-state index contributed by atoms with van der Waals surface area (Å²) in [5.74, 6) is 0.463. The van der Waals surface area contributed by atoms with Crippen LogP contribution in [0.25, 0.3) is 0 Å². The smallest absolute Gasteiger partial charge is 0.277 e. The second-order valence-corrected chi connectivity index (χ2v) is 3.59. The van der Waals surface area contributed by atoms with Crippen LogP contribution in [0.2, 0.25) is 0 Å². The molecule has 88 valence electrons. The van der Waals surface area contributed by atoms with Gasteiger partial charge in [0.1, 0.15) is 0 Å². The fourth-order valence-electron chi connectivity index (χ4n) is 1.34. The van der Waals surface area contributed by atoms with Crippen molar-refractivity contribution in [2.75, 3.05) is 11.5 Å². The van der Waals surface area contributed by atoms with Crippen molar-refractivity contribution in [1.82, 2.24) is 9.97 Å². The summed E-state index contributed by atoms with van der Waals surface area (Å²) < 4.78 is 5.39. The average Bonchev–Trinajstić information content (AvgIpc) is 2.28. The molecule has 2 rings (SSSR count). The van der Waals surface area contributed by atoms with E-state index in [1.165, 1.54) is 6.33 Å². The molecule has 0 aliphatic heterocycles. The number of aryl methyl sites for hydroxylation is 1. The highest BCUT2D eigenvalue weighted by Crippen LogP contribution is 2.28. The van der Waals surface area contributed by atoms with Crippen molar-refractivity contribution in [3.8, 4) is 11.6 Å². The van der Waals surface area contributed by atoms with E-state index in [1.54, 1.807) is 12.1 Å². The number of aromatic nitrogens is 2. The minimum absolute atomic E-state index is 0.0457. The van der Waals surface area contributed by atoms with Crippen LogP contribution < -0.4 is 21.8 Å². The first-order valence-electron chi connectivity index (χ1n) is 4.95. The number of hydrogen-bond acceptors (Lipinski definition) is 5. The summed E-state index contributed by atoms with van der Waals surface area (Å²) in [4.78, 5) is 17.4. The third-order valence-corrected chi connectivity index (χ3v) is 2.22. The topological polar surface area (TPSA) is 107 Å². The first kappa shape index (κ1) is 11.0. The van der Waals surface area contributed by atoms with Crippen molar-refractivity contribution in [3.05, 3.63) is 40.4 Å². The molecule has 2 aromatic rings. The quantitative estimate of drug-likeness (QED) is 0.670. The van der Waals surface area contributed by atoms with Crippen molar-refractivity contribution in [2.24, 2.45) is 0 Å². The molecule has 0 fully saturated rings. The van der Waals surface area contributed by atoms with Gasteiger partial charge in [-0.15, -0.1) is 0 Å². The summed E-state index contributed by atoms with van der Waals surface area (Å²) in [5, 5.41) is 0. The van der Waals surface area contributed by atoms with Gasteiger partial charge in [0.25, 0.3) is 5.56 Å². The molecule has 0 aliphatic rings. The zero-order chi connectivity index (χ0) is 12.4. The highest BCUT2D eigenvalue weighted by molar-refractivity contribution is 5.57. The van der Waals surface area contributed by atoms with E-state index in [0.29, 0.717) is 11.4 Å². The van der Waals surface area contributed by atoms with Gasteiger partial charge in [-0.25, -0.2) is 4.98 Å². The van der Waals surface area contributed by atoms with Crippen LogP contribution in [0.15, 0.2) is 29.3 Å². The predicted octanol–water partition coefficient (Wildman–Crippen LogP) is 1.04. The molecule has 0 unspecified atom stereocenters. The molecular weight excluding hydrogens is 220 g/mol. The number of H-pyrrole nitrogens is 1. The van der Waals surface area contributed by atoms with Gasteiger partial charge in [-0.1, -0.05) is 6.07 Å². The van der Waals surface area contributed by atoms with E-state index < -0.39 is 5.56 Å². The molecule has 0 atom stereocenters. The fraction of sp³-hybridized carbons (Fsp3) is 0.0909. The van der Waals surface area contributed by atoms with Gasteiger partial charge >= 0.3 is 0 Å². The molecule has 6 nitrogen and oxygen atoms in total. The van der Waals surface area contributed by atoms with E-state index in [-0.39, 0.29) is 11.6 Å². The van der Waals surface area contributed by atoms with E-state index in [0.717, 1.165) is 5.56 Å². The van der Waals surface area contributed by atoms with Gasteiger partial charge in [-0.2, -0.15) is 0 Å². The molecule has 0 saturated carbocycles. The Morgan fingerprint density at radius 2 is 2.12 bits per heavy atom. The molecule has 5 N–H and O–H groups in total. The lowest BCUT2D eigenvalue weighted by Crippen LogP contribution is -2.13. The first-order valence-corrected chi connectivity index (χ1v) is 4.95. The highest BCUT2D eigenvalue weighted by atomic mass is 16.5. The van der Waals surface area contributed by atoms with E-state index >= 15 is 0 Å². The molecule has 0 saturated heterocycles. The van der Waals surface area contributed by atoms with Crippen LogP contribution in [-0.2, 0) is 0 Å². The molecular formula is C11H12N4O2. The number of hydrogen-bond donors (Lipinski definition) is 3. The van der Waals surface area contributed by atoms with Gasteiger partial charge in [0, 0.05) is 0 Å². The molecule has 6 heteroatoms. The zero-order valence-electron chi connectivity index (χ0n) is 9.23. The Kier molecular flexibility index (Phi) is 2.70. The summed E-state index contributed by atoms with van der Waals surface area (Å²) in [6.45, 7) is 1.92. The first-order chi connectivity index (χ1) is 8.08.